The summed E-state index contributed by atoms with van der Waals surface area (Å²) in [5.74, 6) is -1.29. The molecule has 1 N–H and O–H groups in total. The zero-order valence-electron chi connectivity index (χ0n) is 13.5. The summed E-state index contributed by atoms with van der Waals surface area (Å²) in [6.07, 6.45) is 1.09. The molecular formula is C17H22N2O4. The van der Waals surface area contributed by atoms with Gasteiger partial charge in [-0.25, -0.2) is 0 Å². The number of hydrogen-bond donors (Lipinski definition) is 1. The van der Waals surface area contributed by atoms with Crippen LogP contribution in [0.15, 0.2) is 24.3 Å². The zero-order chi connectivity index (χ0) is 16.8. The van der Waals surface area contributed by atoms with Crippen LogP contribution < -0.4 is 10.2 Å². The predicted octanol–water partition coefficient (Wildman–Crippen LogP) is 1.28. The van der Waals surface area contributed by atoms with Gasteiger partial charge in [-0.05, 0) is 31.0 Å². The molecule has 0 saturated carbocycles. The number of carbonyl (C=O) groups excluding carboxylic acids is 3. The van der Waals surface area contributed by atoms with Gasteiger partial charge in [-0.1, -0.05) is 19.1 Å². The third-order valence-electron chi connectivity index (χ3n) is 3.86. The van der Waals surface area contributed by atoms with Crippen LogP contribution in [0, 0.1) is 5.92 Å². The average Bonchev–Trinajstić information content (AvgIpc) is 2.95. The SMILES string of the molecule is CCOC(=O)CNC(=O)[C@H]1CC(=O)N(c2ccc(CC)cc2)C1. The summed E-state index contributed by atoms with van der Waals surface area (Å²) in [6, 6.07) is 7.76. The Bertz CT molecular complexity index is 583. The van der Waals surface area contributed by atoms with Gasteiger partial charge in [0.1, 0.15) is 6.54 Å². The summed E-state index contributed by atoms with van der Waals surface area (Å²) >= 11 is 0. The fourth-order valence-electron chi connectivity index (χ4n) is 2.56. The number of ether oxygens (including phenoxy) is 1. The fourth-order valence-corrected chi connectivity index (χ4v) is 2.56. The lowest BCUT2D eigenvalue weighted by atomic mass is 10.1. The van der Waals surface area contributed by atoms with Crippen LogP contribution in [-0.2, 0) is 25.5 Å². The number of amides is 2. The minimum Gasteiger partial charge on any atom is -0.465 e. The van der Waals surface area contributed by atoms with E-state index in [1.165, 1.54) is 5.56 Å². The van der Waals surface area contributed by atoms with E-state index in [4.69, 9.17) is 4.74 Å². The first-order chi connectivity index (χ1) is 11.0. The smallest absolute Gasteiger partial charge is 0.325 e. The second kappa shape index (κ2) is 7.76. The van der Waals surface area contributed by atoms with Crippen LogP contribution in [0.5, 0.6) is 0 Å². The van der Waals surface area contributed by atoms with Gasteiger partial charge in [-0.3, -0.25) is 14.4 Å². The van der Waals surface area contributed by atoms with E-state index in [2.05, 4.69) is 12.2 Å². The van der Waals surface area contributed by atoms with Crippen molar-refractivity contribution < 1.29 is 19.1 Å². The minimum atomic E-state index is -0.475. The molecule has 23 heavy (non-hydrogen) atoms. The molecule has 1 aliphatic rings. The molecule has 0 spiro atoms. The number of nitrogens with zero attached hydrogens (tertiary/aromatic N) is 1. The highest BCUT2D eigenvalue weighted by Gasteiger charge is 2.35. The standard InChI is InChI=1S/C17H22N2O4/c1-3-12-5-7-14(8-6-12)19-11-13(9-15(19)20)17(22)18-10-16(21)23-4-2/h5-8,13H,3-4,9-11H2,1-2H3,(H,18,22)/t13-/m0/s1. The molecule has 0 unspecified atom stereocenters. The molecule has 0 aliphatic carbocycles. The molecule has 0 radical (unpaired) electrons. The van der Waals surface area contributed by atoms with E-state index >= 15 is 0 Å². The maximum absolute atomic E-state index is 12.1. The lowest BCUT2D eigenvalue weighted by molar-refractivity contribution is -0.143. The molecule has 124 valence electrons. The van der Waals surface area contributed by atoms with Gasteiger partial charge in [0.05, 0.1) is 12.5 Å². The Morgan fingerprint density at radius 3 is 2.57 bits per heavy atom. The normalized spacial score (nSPS) is 17.2. The summed E-state index contributed by atoms with van der Waals surface area (Å²) in [7, 11) is 0. The Balaban J connectivity index is 1.93. The van der Waals surface area contributed by atoms with Crippen LogP contribution in [0.3, 0.4) is 0 Å². The van der Waals surface area contributed by atoms with Crippen LogP contribution in [0.2, 0.25) is 0 Å². The second-order valence-corrected chi connectivity index (χ2v) is 5.45. The minimum absolute atomic E-state index is 0.0782. The summed E-state index contributed by atoms with van der Waals surface area (Å²) in [5.41, 5.74) is 2.00. The number of rotatable bonds is 6. The topological polar surface area (TPSA) is 75.7 Å². The lowest BCUT2D eigenvalue weighted by Crippen LogP contribution is -2.36. The average molecular weight is 318 g/mol. The first kappa shape index (κ1) is 17.0. The van der Waals surface area contributed by atoms with Gasteiger partial charge in [0.25, 0.3) is 0 Å². The third-order valence-corrected chi connectivity index (χ3v) is 3.86. The van der Waals surface area contributed by atoms with Crippen molar-refractivity contribution in [3.05, 3.63) is 29.8 Å². The number of nitrogens with one attached hydrogen (secondary N) is 1. The van der Waals surface area contributed by atoms with Crippen LogP contribution >= 0.6 is 0 Å². The van der Waals surface area contributed by atoms with E-state index in [9.17, 15) is 14.4 Å². The highest BCUT2D eigenvalue weighted by atomic mass is 16.5. The molecular weight excluding hydrogens is 296 g/mol. The van der Waals surface area contributed by atoms with Crippen molar-refractivity contribution in [1.29, 1.82) is 0 Å². The molecule has 1 aliphatic heterocycles. The molecule has 1 aromatic rings. The Labute approximate surface area is 135 Å². The van der Waals surface area contributed by atoms with Gasteiger partial charge in [0.2, 0.25) is 11.8 Å². The molecule has 2 rings (SSSR count). The Kier molecular flexibility index (Phi) is 5.73. The number of carbonyl (C=O) groups is 3. The van der Waals surface area contributed by atoms with Gasteiger partial charge in [-0.2, -0.15) is 0 Å². The fraction of sp³-hybridized carbons (Fsp3) is 0.471. The van der Waals surface area contributed by atoms with Crippen molar-refractivity contribution in [2.24, 2.45) is 5.92 Å². The summed E-state index contributed by atoms with van der Waals surface area (Å²) < 4.78 is 4.76. The van der Waals surface area contributed by atoms with Crippen LogP contribution in [-0.4, -0.2) is 37.5 Å². The largest absolute Gasteiger partial charge is 0.465 e. The quantitative estimate of drug-likeness (QED) is 0.802. The summed E-state index contributed by atoms with van der Waals surface area (Å²) in [4.78, 5) is 37.1. The molecule has 6 heteroatoms. The maximum atomic E-state index is 12.1. The molecule has 1 saturated heterocycles. The first-order valence-corrected chi connectivity index (χ1v) is 7.87. The van der Waals surface area contributed by atoms with Gasteiger partial charge in [0.15, 0.2) is 0 Å². The highest BCUT2D eigenvalue weighted by molar-refractivity contribution is 6.00. The lowest BCUT2D eigenvalue weighted by Gasteiger charge is -2.17. The molecule has 2 amide bonds. The number of anilines is 1. The van der Waals surface area contributed by atoms with E-state index in [-0.39, 0.29) is 31.4 Å². The van der Waals surface area contributed by atoms with Crippen LogP contribution in [0.25, 0.3) is 0 Å². The van der Waals surface area contributed by atoms with Gasteiger partial charge < -0.3 is 15.0 Å². The highest BCUT2D eigenvalue weighted by Crippen LogP contribution is 2.25. The summed E-state index contributed by atoms with van der Waals surface area (Å²) in [6.45, 7) is 4.22. The van der Waals surface area contributed by atoms with Gasteiger partial charge in [-0.15, -0.1) is 0 Å². The predicted molar refractivity (Wildman–Crippen MR) is 85.9 cm³/mol. The third kappa shape index (κ3) is 4.31. The Morgan fingerprint density at radius 1 is 1.26 bits per heavy atom. The summed E-state index contributed by atoms with van der Waals surface area (Å²) in [5, 5.41) is 2.53. The van der Waals surface area contributed by atoms with E-state index < -0.39 is 11.9 Å². The number of esters is 1. The van der Waals surface area contributed by atoms with E-state index in [0.29, 0.717) is 6.54 Å². The first-order valence-electron chi connectivity index (χ1n) is 7.87. The van der Waals surface area contributed by atoms with Crippen molar-refractivity contribution in [2.75, 3.05) is 24.6 Å². The van der Waals surface area contributed by atoms with Crippen LogP contribution in [0.1, 0.15) is 25.8 Å². The van der Waals surface area contributed by atoms with Crippen molar-refractivity contribution in [3.8, 4) is 0 Å². The number of aryl methyl sites for hydroxylation is 1. The zero-order valence-corrected chi connectivity index (χ0v) is 13.5. The second-order valence-electron chi connectivity index (χ2n) is 5.45. The maximum Gasteiger partial charge on any atom is 0.325 e. The molecule has 1 fully saturated rings. The van der Waals surface area contributed by atoms with E-state index in [1.807, 2.05) is 24.3 Å². The molecule has 6 nitrogen and oxygen atoms in total. The van der Waals surface area contributed by atoms with Crippen LogP contribution in [0.4, 0.5) is 5.69 Å². The van der Waals surface area contributed by atoms with E-state index in [0.717, 1.165) is 12.1 Å². The van der Waals surface area contributed by atoms with Crippen molar-refractivity contribution in [3.63, 3.8) is 0 Å². The monoisotopic (exact) mass is 318 g/mol. The Hall–Kier alpha value is -2.37. The Morgan fingerprint density at radius 2 is 1.96 bits per heavy atom. The van der Waals surface area contributed by atoms with E-state index in [1.54, 1.807) is 11.8 Å². The van der Waals surface area contributed by atoms with Gasteiger partial charge >= 0.3 is 5.97 Å². The molecule has 1 heterocycles. The number of hydrogen-bond acceptors (Lipinski definition) is 4. The van der Waals surface area contributed by atoms with Gasteiger partial charge in [0, 0.05) is 18.7 Å². The molecule has 0 aromatic heterocycles. The van der Waals surface area contributed by atoms with Crippen molar-refractivity contribution in [2.45, 2.75) is 26.7 Å². The molecule has 1 atom stereocenters. The molecule has 1 aromatic carbocycles. The molecule has 0 bridgehead atoms. The van der Waals surface area contributed by atoms with Crippen molar-refractivity contribution >= 4 is 23.5 Å². The van der Waals surface area contributed by atoms with Crippen molar-refractivity contribution in [1.82, 2.24) is 5.32 Å². The number of benzene rings is 1.